The number of carbonyl (C=O) groups excluding carboxylic acids is 1. The zero-order valence-corrected chi connectivity index (χ0v) is 16.6. The van der Waals surface area contributed by atoms with Crippen LogP contribution in [0.1, 0.15) is 33.3 Å². The van der Waals surface area contributed by atoms with Gasteiger partial charge in [0, 0.05) is 18.9 Å². The highest BCUT2D eigenvalue weighted by atomic mass is 16.5. The SMILES string of the molecule is COc1cc([C@@H]2c3c(oc4ccccc4c3=O)C(=O)N2Cc2cccnc2)ccc1O. The van der Waals surface area contributed by atoms with E-state index >= 15 is 0 Å². The molecule has 1 amide bonds. The number of carbonyl (C=O) groups is 1. The van der Waals surface area contributed by atoms with E-state index in [2.05, 4.69) is 4.98 Å². The van der Waals surface area contributed by atoms with Crippen molar-refractivity contribution in [2.45, 2.75) is 12.6 Å². The maximum absolute atomic E-state index is 13.4. The van der Waals surface area contributed by atoms with Crippen LogP contribution in [0.15, 0.2) is 76.2 Å². The highest BCUT2D eigenvalue weighted by Crippen LogP contribution is 2.41. The fourth-order valence-electron chi connectivity index (χ4n) is 4.03. The van der Waals surface area contributed by atoms with Gasteiger partial charge in [0.25, 0.3) is 5.91 Å². The van der Waals surface area contributed by atoms with Gasteiger partial charge in [0.15, 0.2) is 16.9 Å². The molecule has 1 aliphatic heterocycles. The minimum atomic E-state index is -0.696. The molecule has 0 spiro atoms. The molecule has 31 heavy (non-hydrogen) atoms. The molecule has 1 N–H and O–H groups in total. The summed E-state index contributed by atoms with van der Waals surface area (Å²) in [6, 6.07) is 14.6. The van der Waals surface area contributed by atoms with Crippen molar-refractivity contribution in [3.05, 3.63) is 99.7 Å². The molecule has 4 aromatic rings. The normalized spacial score (nSPS) is 15.3. The molecule has 0 saturated heterocycles. The fraction of sp³-hybridized carbons (Fsp3) is 0.125. The zero-order valence-electron chi connectivity index (χ0n) is 16.6. The Morgan fingerprint density at radius 1 is 1.13 bits per heavy atom. The lowest BCUT2D eigenvalue weighted by Crippen LogP contribution is -2.29. The number of pyridine rings is 1. The summed E-state index contributed by atoms with van der Waals surface area (Å²) in [6.45, 7) is 0.237. The maximum Gasteiger partial charge on any atom is 0.291 e. The van der Waals surface area contributed by atoms with Crippen molar-refractivity contribution in [2.75, 3.05) is 7.11 Å². The first-order chi connectivity index (χ1) is 15.1. The van der Waals surface area contributed by atoms with Crippen LogP contribution >= 0.6 is 0 Å². The third kappa shape index (κ3) is 3.02. The first-order valence-electron chi connectivity index (χ1n) is 9.71. The first-order valence-corrected chi connectivity index (χ1v) is 9.71. The predicted octanol–water partition coefficient (Wildman–Crippen LogP) is 3.65. The van der Waals surface area contributed by atoms with Crippen LogP contribution in [-0.4, -0.2) is 28.0 Å². The van der Waals surface area contributed by atoms with Crippen LogP contribution in [0.3, 0.4) is 0 Å². The summed E-state index contributed by atoms with van der Waals surface area (Å²) in [4.78, 5) is 32.5. The average Bonchev–Trinajstić information content (AvgIpc) is 3.07. The number of hydrogen-bond donors (Lipinski definition) is 1. The lowest BCUT2D eigenvalue weighted by Gasteiger charge is -2.25. The summed E-state index contributed by atoms with van der Waals surface area (Å²) in [5.41, 5.74) is 1.84. The van der Waals surface area contributed by atoms with Crippen LogP contribution in [-0.2, 0) is 6.54 Å². The Balaban J connectivity index is 1.74. The molecule has 3 heterocycles. The number of nitrogens with zero attached hydrogens (tertiary/aromatic N) is 2. The largest absolute Gasteiger partial charge is 0.504 e. The summed E-state index contributed by atoms with van der Waals surface area (Å²) in [5, 5.41) is 10.4. The molecule has 7 heteroatoms. The molecule has 1 atom stereocenters. The third-order valence-electron chi connectivity index (χ3n) is 5.47. The number of hydrogen-bond acceptors (Lipinski definition) is 6. The van der Waals surface area contributed by atoms with Crippen LogP contribution < -0.4 is 10.2 Å². The van der Waals surface area contributed by atoms with E-state index in [4.69, 9.17) is 9.15 Å². The van der Waals surface area contributed by atoms with Gasteiger partial charge in [-0.25, -0.2) is 0 Å². The molecule has 2 aromatic heterocycles. The number of benzene rings is 2. The summed E-state index contributed by atoms with van der Waals surface area (Å²) >= 11 is 0. The summed E-state index contributed by atoms with van der Waals surface area (Å²) in [6.07, 6.45) is 3.33. The molecule has 2 aromatic carbocycles. The van der Waals surface area contributed by atoms with Gasteiger partial charge in [0.2, 0.25) is 5.76 Å². The van der Waals surface area contributed by atoms with E-state index in [1.54, 1.807) is 59.8 Å². The highest BCUT2D eigenvalue weighted by molar-refractivity contribution is 5.99. The van der Waals surface area contributed by atoms with Crippen molar-refractivity contribution in [3.63, 3.8) is 0 Å². The van der Waals surface area contributed by atoms with Gasteiger partial charge in [-0.1, -0.05) is 24.3 Å². The second-order valence-corrected chi connectivity index (χ2v) is 7.30. The number of phenols is 1. The van der Waals surface area contributed by atoms with E-state index in [1.165, 1.54) is 13.2 Å². The van der Waals surface area contributed by atoms with Crippen molar-refractivity contribution in [1.29, 1.82) is 0 Å². The number of aromatic nitrogens is 1. The topological polar surface area (TPSA) is 92.9 Å². The molecule has 0 bridgehead atoms. The summed E-state index contributed by atoms with van der Waals surface area (Å²) in [5.74, 6) is -0.117. The molecule has 0 aliphatic carbocycles. The Hall–Kier alpha value is -4.13. The maximum atomic E-state index is 13.4. The van der Waals surface area contributed by atoms with Gasteiger partial charge in [-0.3, -0.25) is 14.6 Å². The van der Waals surface area contributed by atoms with Gasteiger partial charge in [0.1, 0.15) is 5.58 Å². The van der Waals surface area contributed by atoms with Crippen molar-refractivity contribution in [1.82, 2.24) is 9.88 Å². The van der Waals surface area contributed by atoms with Gasteiger partial charge >= 0.3 is 0 Å². The molecular formula is C24H18N2O5. The number of aromatic hydroxyl groups is 1. The van der Waals surface area contributed by atoms with Crippen LogP contribution in [0.2, 0.25) is 0 Å². The van der Waals surface area contributed by atoms with E-state index in [9.17, 15) is 14.7 Å². The van der Waals surface area contributed by atoms with E-state index < -0.39 is 6.04 Å². The average molecular weight is 414 g/mol. The fourth-order valence-corrected chi connectivity index (χ4v) is 4.03. The molecule has 7 nitrogen and oxygen atoms in total. The smallest absolute Gasteiger partial charge is 0.291 e. The molecule has 5 rings (SSSR count). The molecule has 0 unspecified atom stereocenters. The second-order valence-electron chi connectivity index (χ2n) is 7.30. The molecule has 0 radical (unpaired) electrons. The number of rotatable bonds is 4. The van der Waals surface area contributed by atoms with Gasteiger partial charge in [-0.2, -0.15) is 0 Å². The van der Waals surface area contributed by atoms with Crippen LogP contribution in [0.4, 0.5) is 0 Å². The van der Waals surface area contributed by atoms with Gasteiger partial charge in [-0.05, 0) is 41.5 Å². The quantitative estimate of drug-likeness (QED) is 0.548. The van der Waals surface area contributed by atoms with Gasteiger partial charge in [0.05, 0.1) is 24.1 Å². The first kappa shape index (κ1) is 18.9. The van der Waals surface area contributed by atoms with Crippen molar-refractivity contribution in [3.8, 4) is 11.5 Å². The number of phenolic OH excluding ortho intramolecular Hbond substituents is 1. The second kappa shape index (κ2) is 7.28. The number of methoxy groups -OCH3 is 1. The van der Waals surface area contributed by atoms with E-state index in [0.29, 0.717) is 16.5 Å². The van der Waals surface area contributed by atoms with Crippen LogP contribution in [0.25, 0.3) is 11.0 Å². The zero-order chi connectivity index (χ0) is 21.5. The highest BCUT2D eigenvalue weighted by Gasteiger charge is 2.43. The van der Waals surface area contributed by atoms with E-state index in [0.717, 1.165) is 5.56 Å². The lowest BCUT2D eigenvalue weighted by atomic mass is 9.98. The Bertz CT molecular complexity index is 1360. The van der Waals surface area contributed by atoms with Crippen molar-refractivity contribution in [2.24, 2.45) is 0 Å². The van der Waals surface area contributed by atoms with E-state index in [1.807, 2.05) is 6.07 Å². The minimum absolute atomic E-state index is 0.0276. The van der Waals surface area contributed by atoms with Crippen LogP contribution in [0.5, 0.6) is 11.5 Å². The van der Waals surface area contributed by atoms with Crippen LogP contribution in [0, 0.1) is 0 Å². The Morgan fingerprint density at radius 2 is 1.97 bits per heavy atom. The Labute approximate surface area is 177 Å². The summed E-state index contributed by atoms with van der Waals surface area (Å²) < 4.78 is 11.2. The standard InChI is InChI=1S/C24H18N2O5/c1-30-19-11-15(8-9-17(19)27)21-20-22(28)16-6-2-3-7-18(16)31-23(20)24(29)26(21)13-14-5-4-10-25-12-14/h2-12,21,27H,13H2,1H3/t21-/m1/s1. The number of amides is 1. The Kier molecular flexibility index (Phi) is 4.43. The number of fused-ring (bicyclic) bond motifs is 2. The van der Waals surface area contributed by atoms with Crippen molar-refractivity contribution < 1.29 is 19.1 Å². The molecular weight excluding hydrogens is 396 g/mol. The molecule has 1 aliphatic rings. The monoisotopic (exact) mass is 414 g/mol. The number of para-hydroxylation sites is 1. The van der Waals surface area contributed by atoms with Gasteiger partial charge < -0.3 is 19.2 Å². The molecule has 154 valence electrons. The summed E-state index contributed by atoms with van der Waals surface area (Å²) in [7, 11) is 1.45. The van der Waals surface area contributed by atoms with Gasteiger partial charge in [-0.15, -0.1) is 0 Å². The van der Waals surface area contributed by atoms with Crippen molar-refractivity contribution >= 4 is 16.9 Å². The Morgan fingerprint density at radius 3 is 2.74 bits per heavy atom. The molecule has 0 fully saturated rings. The predicted molar refractivity (Wildman–Crippen MR) is 113 cm³/mol. The third-order valence-corrected chi connectivity index (χ3v) is 5.47. The number of ether oxygens (including phenoxy) is 1. The molecule has 0 saturated carbocycles. The van der Waals surface area contributed by atoms with E-state index in [-0.39, 0.29) is 40.7 Å². The lowest BCUT2D eigenvalue weighted by molar-refractivity contribution is 0.0714. The minimum Gasteiger partial charge on any atom is -0.504 e.